The van der Waals surface area contributed by atoms with E-state index >= 15 is 0 Å². The van der Waals surface area contributed by atoms with Crippen molar-refractivity contribution in [1.82, 2.24) is 9.97 Å². The highest BCUT2D eigenvalue weighted by Gasteiger charge is 2.18. The van der Waals surface area contributed by atoms with Crippen LogP contribution in [-0.2, 0) is 0 Å². The van der Waals surface area contributed by atoms with Crippen molar-refractivity contribution in [2.45, 2.75) is 46.0 Å². The standard InChI is InChI=1S/C15H25BrN4/c1-3-17-15-19-10-13(16)14(20-15)18-8-7-12-6-4-5-11(2)9-12/h10-12H,3-9H2,1-2H3,(H2,17,18,19,20). The van der Waals surface area contributed by atoms with Crippen molar-refractivity contribution < 1.29 is 0 Å². The van der Waals surface area contributed by atoms with Gasteiger partial charge in [-0.3, -0.25) is 0 Å². The highest BCUT2D eigenvalue weighted by Crippen LogP contribution is 2.30. The molecular weight excluding hydrogens is 316 g/mol. The number of hydrogen-bond donors (Lipinski definition) is 2. The van der Waals surface area contributed by atoms with E-state index < -0.39 is 0 Å². The summed E-state index contributed by atoms with van der Waals surface area (Å²) in [5.74, 6) is 3.35. The molecule has 2 atom stereocenters. The number of anilines is 2. The van der Waals surface area contributed by atoms with Gasteiger partial charge < -0.3 is 10.6 Å². The van der Waals surface area contributed by atoms with Gasteiger partial charge in [-0.1, -0.05) is 26.2 Å². The molecule has 1 saturated carbocycles. The van der Waals surface area contributed by atoms with E-state index in [4.69, 9.17) is 0 Å². The number of halogens is 1. The molecule has 0 aromatic carbocycles. The van der Waals surface area contributed by atoms with Gasteiger partial charge in [0.2, 0.25) is 5.95 Å². The van der Waals surface area contributed by atoms with Crippen LogP contribution in [0.4, 0.5) is 11.8 Å². The minimum absolute atomic E-state index is 0.685. The van der Waals surface area contributed by atoms with Crippen LogP contribution in [0.3, 0.4) is 0 Å². The van der Waals surface area contributed by atoms with Crippen LogP contribution in [0.1, 0.15) is 46.0 Å². The quantitative estimate of drug-likeness (QED) is 0.810. The molecule has 2 rings (SSSR count). The van der Waals surface area contributed by atoms with Gasteiger partial charge in [0.1, 0.15) is 5.82 Å². The van der Waals surface area contributed by atoms with Gasteiger partial charge >= 0.3 is 0 Å². The normalized spacial score (nSPS) is 22.6. The third-order valence-corrected chi connectivity index (χ3v) is 4.55. The SMILES string of the molecule is CCNc1ncc(Br)c(NCCC2CCCC(C)C2)n1. The van der Waals surface area contributed by atoms with E-state index in [-0.39, 0.29) is 0 Å². The molecule has 0 saturated heterocycles. The molecule has 1 aromatic rings. The molecule has 112 valence electrons. The Balaban J connectivity index is 1.82. The number of hydrogen-bond acceptors (Lipinski definition) is 4. The van der Waals surface area contributed by atoms with Crippen LogP contribution in [0, 0.1) is 11.8 Å². The molecule has 1 fully saturated rings. The Morgan fingerprint density at radius 1 is 1.35 bits per heavy atom. The summed E-state index contributed by atoms with van der Waals surface area (Å²) in [4.78, 5) is 8.71. The topological polar surface area (TPSA) is 49.8 Å². The summed E-state index contributed by atoms with van der Waals surface area (Å²) in [6, 6.07) is 0. The summed E-state index contributed by atoms with van der Waals surface area (Å²) in [7, 11) is 0. The van der Waals surface area contributed by atoms with Crippen LogP contribution < -0.4 is 10.6 Å². The predicted molar refractivity (Wildman–Crippen MR) is 88.1 cm³/mol. The Morgan fingerprint density at radius 2 is 2.20 bits per heavy atom. The predicted octanol–water partition coefficient (Wildman–Crippen LogP) is 4.30. The highest BCUT2D eigenvalue weighted by molar-refractivity contribution is 9.10. The lowest BCUT2D eigenvalue weighted by Gasteiger charge is -2.26. The summed E-state index contributed by atoms with van der Waals surface area (Å²) in [6.07, 6.45) is 8.61. The molecule has 4 nitrogen and oxygen atoms in total. The van der Waals surface area contributed by atoms with Crippen molar-refractivity contribution in [1.29, 1.82) is 0 Å². The van der Waals surface area contributed by atoms with Crippen molar-refractivity contribution >= 4 is 27.7 Å². The Labute approximate surface area is 130 Å². The molecule has 2 unspecified atom stereocenters. The van der Waals surface area contributed by atoms with Crippen LogP contribution in [0.5, 0.6) is 0 Å². The number of nitrogens with zero attached hydrogens (tertiary/aromatic N) is 2. The first kappa shape index (κ1) is 15.5. The maximum absolute atomic E-state index is 4.48. The molecular formula is C15H25BrN4. The van der Waals surface area contributed by atoms with Crippen molar-refractivity contribution in [3.63, 3.8) is 0 Å². The van der Waals surface area contributed by atoms with Crippen molar-refractivity contribution in [3.8, 4) is 0 Å². The zero-order chi connectivity index (χ0) is 14.4. The molecule has 1 heterocycles. The van der Waals surface area contributed by atoms with Crippen LogP contribution in [0.25, 0.3) is 0 Å². The lowest BCUT2D eigenvalue weighted by Crippen LogP contribution is -2.17. The zero-order valence-corrected chi connectivity index (χ0v) is 14.0. The van der Waals surface area contributed by atoms with E-state index in [0.717, 1.165) is 35.2 Å². The summed E-state index contributed by atoms with van der Waals surface area (Å²) < 4.78 is 0.927. The Hall–Kier alpha value is -0.840. The van der Waals surface area contributed by atoms with E-state index in [0.29, 0.717) is 5.95 Å². The first-order valence-corrected chi connectivity index (χ1v) is 8.48. The number of nitrogens with one attached hydrogen (secondary N) is 2. The lowest BCUT2D eigenvalue weighted by molar-refractivity contribution is 0.274. The van der Waals surface area contributed by atoms with Crippen LogP contribution in [-0.4, -0.2) is 23.1 Å². The Kier molecular flexibility index (Phi) is 6.07. The number of rotatable bonds is 6. The average Bonchev–Trinajstić information content (AvgIpc) is 2.43. The fourth-order valence-electron chi connectivity index (χ4n) is 2.95. The largest absolute Gasteiger partial charge is 0.369 e. The van der Waals surface area contributed by atoms with Crippen molar-refractivity contribution in [2.24, 2.45) is 11.8 Å². The van der Waals surface area contributed by atoms with Gasteiger partial charge in [0.15, 0.2) is 0 Å². The van der Waals surface area contributed by atoms with E-state index in [1.54, 1.807) is 6.20 Å². The molecule has 2 N–H and O–H groups in total. The van der Waals surface area contributed by atoms with E-state index in [1.807, 2.05) is 6.92 Å². The molecule has 0 bridgehead atoms. The van der Waals surface area contributed by atoms with E-state index in [9.17, 15) is 0 Å². The zero-order valence-electron chi connectivity index (χ0n) is 12.5. The maximum atomic E-state index is 4.48. The van der Waals surface area contributed by atoms with Crippen LogP contribution >= 0.6 is 15.9 Å². The van der Waals surface area contributed by atoms with Gasteiger partial charge in [0.25, 0.3) is 0 Å². The fourth-order valence-corrected chi connectivity index (χ4v) is 3.28. The number of aromatic nitrogens is 2. The van der Waals surface area contributed by atoms with Gasteiger partial charge in [-0.15, -0.1) is 0 Å². The molecule has 0 amide bonds. The van der Waals surface area contributed by atoms with Crippen LogP contribution in [0.15, 0.2) is 10.7 Å². The molecule has 20 heavy (non-hydrogen) atoms. The van der Waals surface area contributed by atoms with Gasteiger partial charge in [-0.05, 0) is 47.5 Å². The van der Waals surface area contributed by atoms with Gasteiger partial charge in [-0.25, -0.2) is 4.98 Å². The monoisotopic (exact) mass is 340 g/mol. The minimum atomic E-state index is 0.685. The molecule has 1 aliphatic carbocycles. The molecule has 5 heteroatoms. The lowest BCUT2D eigenvalue weighted by atomic mass is 9.81. The molecule has 0 aliphatic heterocycles. The second-order valence-electron chi connectivity index (χ2n) is 5.77. The van der Waals surface area contributed by atoms with E-state index in [1.165, 1.54) is 32.1 Å². The van der Waals surface area contributed by atoms with Crippen molar-refractivity contribution in [2.75, 3.05) is 23.7 Å². The molecule has 0 radical (unpaired) electrons. The van der Waals surface area contributed by atoms with Crippen LogP contribution in [0.2, 0.25) is 0 Å². The van der Waals surface area contributed by atoms with Gasteiger partial charge in [0.05, 0.1) is 4.47 Å². The fraction of sp³-hybridized carbons (Fsp3) is 0.733. The summed E-state index contributed by atoms with van der Waals surface area (Å²) >= 11 is 3.50. The second-order valence-corrected chi connectivity index (χ2v) is 6.63. The average molecular weight is 341 g/mol. The Bertz CT molecular complexity index is 424. The molecule has 0 spiro atoms. The summed E-state index contributed by atoms with van der Waals surface area (Å²) in [5.41, 5.74) is 0. The van der Waals surface area contributed by atoms with Gasteiger partial charge in [-0.2, -0.15) is 4.98 Å². The summed E-state index contributed by atoms with van der Waals surface area (Å²) in [6.45, 7) is 6.24. The Morgan fingerprint density at radius 3 is 2.95 bits per heavy atom. The van der Waals surface area contributed by atoms with E-state index in [2.05, 4.69) is 43.5 Å². The summed E-state index contributed by atoms with van der Waals surface area (Å²) in [5, 5.41) is 6.57. The third kappa shape index (κ3) is 4.62. The van der Waals surface area contributed by atoms with Crippen molar-refractivity contribution in [3.05, 3.63) is 10.7 Å². The highest BCUT2D eigenvalue weighted by atomic mass is 79.9. The third-order valence-electron chi connectivity index (χ3n) is 3.97. The smallest absolute Gasteiger partial charge is 0.224 e. The van der Waals surface area contributed by atoms with Gasteiger partial charge in [0, 0.05) is 19.3 Å². The molecule has 1 aromatic heterocycles. The second kappa shape index (κ2) is 7.81. The minimum Gasteiger partial charge on any atom is -0.369 e. The first-order chi connectivity index (χ1) is 9.69. The maximum Gasteiger partial charge on any atom is 0.224 e. The molecule has 1 aliphatic rings. The first-order valence-electron chi connectivity index (χ1n) is 7.69.